The van der Waals surface area contributed by atoms with Crippen LogP contribution in [0.5, 0.6) is 0 Å². The second-order valence-corrected chi connectivity index (χ2v) is 5.19. The van der Waals surface area contributed by atoms with Gasteiger partial charge in [0, 0.05) is 25.3 Å². The topological polar surface area (TPSA) is 68.2 Å². The van der Waals surface area contributed by atoms with Crippen molar-refractivity contribution in [2.75, 3.05) is 25.0 Å². The van der Waals surface area contributed by atoms with E-state index in [1.165, 1.54) is 0 Å². The first kappa shape index (κ1) is 13.0. The van der Waals surface area contributed by atoms with E-state index >= 15 is 0 Å². The van der Waals surface area contributed by atoms with Gasteiger partial charge in [0.25, 0.3) is 0 Å². The lowest BCUT2D eigenvalue weighted by atomic mass is 10.0. The highest BCUT2D eigenvalue weighted by Gasteiger charge is 2.32. The molecule has 1 aromatic heterocycles. The van der Waals surface area contributed by atoms with Gasteiger partial charge in [-0.15, -0.1) is 0 Å². The quantitative estimate of drug-likeness (QED) is 0.812. The normalized spacial score (nSPS) is 17.6. The summed E-state index contributed by atoms with van der Waals surface area (Å²) in [5, 5.41) is 10.0. The second kappa shape index (κ2) is 5.07. The Balaban J connectivity index is 1.79. The molecule has 1 aromatic rings. The Hall–Kier alpha value is -1.40. The first-order valence-electron chi connectivity index (χ1n) is 6.17. The number of hydrogen-bond donors (Lipinski definition) is 2. The van der Waals surface area contributed by atoms with Crippen LogP contribution in [0.2, 0.25) is 0 Å². The molecular formula is C12H20N4O2. The van der Waals surface area contributed by atoms with Gasteiger partial charge in [0.2, 0.25) is 5.91 Å². The summed E-state index contributed by atoms with van der Waals surface area (Å²) in [6.45, 7) is 7.73. The van der Waals surface area contributed by atoms with Crippen LogP contribution in [0.4, 0.5) is 5.69 Å². The van der Waals surface area contributed by atoms with Gasteiger partial charge < -0.3 is 15.4 Å². The van der Waals surface area contributed by atoms with Crippen molar-refractivity contribution in [1.82, 2.24) is 15.1 Å². The summed E-state index contributed by atoms with van der Waals surface area (Å²) in [6, 6.07) is 0.284. The summed E-state index contributed by atoms with van der Waals surface area (Å²) < 4.78 is 7.35. The summed E-state index contributed by atoms with van der Waals surface area (Å²) in [4.78, 5) is 11.7. The van der Waals surface area contributed by atoms with Crippen molar-refractivity contribution < 1.29 is 9.53 Å². The molecule has 18 heavy (non-hydrogen) atoms. The van der Waals surface area contributed by atoms with Gasteiger partial charge in [0.05, 0.1) is 17.5 Å². The fraction of sp³-hybridized carbons (Fsp3) is 0.667. The van der Waals surface area contributed by atoms with Gasteiger partial charge in [0.1, 0.15) is 6.61 Å². The van der Waals surface area contributed by atoms with Gasteiger partial charge in [-0.25, -0.2) is 0 Å². The first-order chi connectivity index (χ1) is 8.48. The SMILES string of the molecule is CC(C)n1cc(NC(=O)COC2(C)CNC2)cn1. The van der Waals surface area contributed by atoms with E-state index in [1.54, 1.807) is 10.9 Å². The van der Waals surface area contributed by atoms with E-state index in [9.17, 15) is 4.79 Å². The van der Waals surface area contributed by atoms with E-state index in [0.717, 1.165) is 13.1 Å². The highest BCUT2D eigenvalue weighted by atomic mass is 16.5. The van der Waals surface area contributed by atoms with Gasteiger partial charge in [-0.3, -0.25) is 9.48 Å². The Labute approximate surface area is 107 Å². The third-order valence-corrected chi connectivity index (χ3v) is 2.96. The molecule has 6 heteroatoms. The minimum absolute atomic E-state index is 0.0744. The summed E-state index contributed by atoms with van der Waals surface area (Å²) in [5.74, 6) is -0.147. The Morgan fingerprint density at radius 1 is 1.67 bits per heavy atom. The number of aromatic nitrogens is 2. The molecule has 2 N–H and O–H groups in total. The van der Waals surface area contributed by atoms with E-state index in [4.69, 9.17) is 4.74 Å². The number of nitrogens with one attached hydrogen (secondary N) is 2. The van der Waals surface area contributed by atoms with Crippen molar-refractivity contribution in [2.45, 2.75) is 32.4 Å². The molecule has 0 radical (unpaired) electrons. The number of carbonyl (C=O) groups is 1. The van der Waals surface area contributed by atoms with Crippen LogP contribution in [-0.2, 0) is 9.53 Å². The van der Waals surface area contributed by atoms with Crippen molar-refractivity contribution in [3.8, 4) is 0 Å². The molecule has 2 heterocycles. The van der Waals surface area contributed by atoms with Gasteiger partial charge in [-0.05, 0) is 20.8 Å². The molecule has 0 aromatic carbocycles. The van der Waals surface area contributed by atoms with Crippen LogP contribution in [0.15, 0.2) is 12.4 Å². The van der Waals surface area contributed by atoms with Crippen LogP contribution in [0, 0.1) is 0 Å². The van der Waals surface area contributed by atoms with Crippen LogP contribution in [0.25, 0.3) is 0 Å². The zero-order chi connectivity index (χ0) is 13.2. The van der Waals surface area contributed by atoms with Crippen LogP contribution < -0.4 is 10.6 Å². The molecule has 0 atom stereocenters. The Morgan fingerprint density at radius 2 is 2.39 bits per heavy atom. The van der Waals surface area contributed by atoms with E-state index in [2.05, 4.69) is 15.7 Å². The van der Waals surface area contributed by atoms with Crippen LogP contribution in [0.1, 0.15) is 26.8 Å². The largest absolute Gasteiger partial charge is 0.363 e. The van der Waals surface area contributed by atoms with E-state index in [0.29, 0.717) is 5.69 Å². The minimum Gasteiger partial charge on any atom is -0.363 e. The van der Waals surface area contributed by atoms with Crippen molar-refractivity contribution in [2.24, 2.45) is 0 Å². The lowest BCUT2D eigenvalue weighted by Crippen LogP contribution is -2.59. The maximum atomic E-state index is 11.7. The van der Waals surface area contributed by atoms with Crippen LogP contribution >= 0.6 is 0 Å². The third kappa shape index (κ3) is 3.08. The number of amides is 1. The lowest BCUT2D eigenvalue weighted by Gasteiger charge is -2.38. The smallest absolute Gasteiger partial charge is 0.250 e. The van der Waals surface area contributed by atoms with Crippen molar-refractivity contribution >= 4 is 11.6 Å². The summed E-state index contributed by atoms with van der Waals surface area (Å²) in [5.41, 5.74) is 0.508. The molecule has 1 saturated heterocycles. The van der Waals surface area contributed by atoms with E-state index in [1.807, 2.05) is 27.0 Å². The molecule has 0 spiro atoms. The first-order valence-corrected chi connectivity index (χ1v) is 6.17. The average molecular weight is 252 g/mol. The number of hydrogen-bond acceptors (Lipinski definition) is 4. The molecule has 2 rings (SSSR count). The predicted octanol–water partition coefficient (Wildman–Crippen LogP) is 0.781. The highest BCUT2D eigenvalue weighted by molar-refractivity contribution is 5.91. The van der Waals surface area contributed by atoms with Crippen molar-refractivity contribution in [1.29, 1.82) is 0 Å². The van der Waals surface area contributed by atoms with Crippen LogP contribution in [-0.4, -0.2) is 41.0 Å². The van der Waals surface area contributed by atoms with Crippen molar-refractivity contribution in [3.63, 3.8) is 0 Å². The third-order valence-electron chi connectivity index (χ3n) is 2.96. The molecule has 1 amide bonds. The van der Waals surface area contributed by atoms with Gasteiger partial charge in [0.15, 0.2) is 0 Å². The number of ether oxygens (including phenoxy) is 1. The van der Waals surface area contributed by atoms with E-state index < -0.39 is 0 Å². The number of nitrogens with zero attached hydrogens (tertiary/aromatic N) is 2. The molecule has 0 unspecified atom stereocenters. The molecular weight excluding hydrogens is 232 g/mol. The average Bonchev–Trinajstić information content (AvgIpc) is 2.72. The van der Waals surface area contributed by atoms with Crippen molar-refractivity contribution in [3.05, 3.63) is 12.4 Å². The number of rotatable bonds is 5. The fourth-order valence-corrected chi connectivity index (χ4v) is 1.70. The molecule has 0 aliphatic carbocycles. The Morgan fingerprint density at radius 3 is 2.89 bits per heavy atom. The molecule has 6 nitrogen and oxygen atoms in total. The monoisotopic (exact) mass is 252 g/mol. The van der Waals surface area contributed by atoms with Crippen LogP contribution in [0.3, 0.4) is 0 Å². The second-order valence-electron chi connectivity index (χ2n) is 5.19. The van der Waals surface area contributed by atoms with Gasteiger partial charge in [-0.1, -0.05) is 0 Å². The molecule has 0 bridgehead atoms. The lowest BCUT2D eigenvalue weighted by molar-refractivity contribution is -0.130. The Bertz CT molecular complexity index is 423. The van der Waals surface area contributed by atoms with Gasteiger partial charge >= 0.3 is 0 Å². The molecule has 0 saturated carbocycles. The zero-order valence-electron chi connectivity index (χ0n) is 11.1. The zero-order valence-corrected chi connectivity index (χ0v) is 11.1. The fourth-order valence-electron chi connectivity index (χ4n) is 1.70. The van der Waals surface area contributed by atoms with Gasteiger partial charge in [-0.2, -0.15) is 5.10 Å². The summed E-state index contributed by atoms with van der Waals surface area (Å²) >= 11 is 0. The molecule has 1 aliphatic rings. The highest BCUT2D eigenvalue weighted by Crippen LogP contribution is 2.15. The Kier molecular flexibility index (Phi) is 3.68. The maximum Gasteiger partial charge on any atom is 0.250 e. The summed E-state index contributed by atoms with van der Waals surface area (Å²) in [6.07, 6.45) is 3.46. The minimum atomic E-state index is -0.195. The van der Waals surface area contributed by atoms with E-state index in [-0.39, 0.29) is 24.2 Å². The summed E-state index contributed by atoms with van der Waals surface area (Å²) in [7, 11) is 0. The molecule has 1 fully saturated rings. The molecule has 1 aliphatic heterocycles. The standard InChI is InChI=1S/C12H20N4O2/c1-9(2)16-5-10(4-14-16)15-11(17)6-18-12(3)7-13-8-12/h4-5,9,13H,6-8H2,1-3H3,(H,15,17). The number of anilines is 1. The maximum absolute atomic E-state index is 11.7. The molecule has 100 valence electrons. The number of carbonyl (C=O) groups excluding carboxylic acids is 1. The predicted molar refractivity (Wildman–Crippen MR) is 68.5 cm³/mol.